The summed E-state index contributed by atoms with van der Waals surface area (Å²) in [6.07, 6.45) is 4.91. The molecule has 1 fully saturated rings. The summed E-state index contributed by atoms with van der Waals surface area (Å²) in [6, 6.07) is 18.0. The Kier molecular flexibility index (Phi) is 6.42. The van der Waals surface area contributed by atoms with E-state index in [0.717, 1.165) is 29.7 Å². The number of carbonyl (C=O) groups excluding carboxylic acids is 2. The summed E-state index contributed by atoms with van der Waals surface area (Å²) in [5.41, 5.74) is 9.03. The predicted molar refractivity (Wildman–Crippen MR) is 127 cm³/mol. The smallest absolute Gasteiger partial charge is 0.255 e. The van der Waals surface area contributed by atoms with Crippen molar-refractivity contribution in [3.05, 3.63) is 89.7 Å². The quantitative estimate of drug-likeness (QED) is 0.554. The van der Waals surface area contributed by atoms with Gasteiger partial charge in [0.25, 0.3) is 5.91 Å². The maximum atomic E-state index is 13.2. The van der Waals surface area contributed by atoms with E-state index in [-0.39, 0.29) is 17.9 Å². The van der Waals surface area contributed by atoms with E-state index in [9.17, 15) is 9.59 Å². The summed E-state index contributed by atoms with van der Waals surface area (Å²) in [5.74, 6) is 0.649. The second kappa shape index (κ2) is 9.42. The number of ether oxygens (including phenoxy) is 1. The molecule has 1 aliphatic carbocycles. The Labute approximate surface area is 193 Å². The molecule has 0 spiro atoms. The van der Waals surface area contributed by atoms with Crippen LogP contribution >= 0.6 is 0 Å². The molecule has 0 saturated heterocycles. The van der Waals surface area contributed by atoms with Crippen LogP contribution < -0.4 is 15.8 Å². The van der Waals surface area contributed by atoms with Gasteiger partial charge in [-0.05, 0) is 60.4 Å². The van der Waals surface area contributed by atoms with Crippen LogP contribution in [0.2, 0.25) is 0 Å². The third-order valence-corrected chi connectivity index (χ3v) is 6.16. The SMILES string of the molecule is COc1ccc(C2(C(=O)N(C)CC(N)c3ccc(C(=O)Nc4ccncc4)cc3)CC2)cc1. The van der Waals surface area contributed by atoms with Gasteiger partial charge in [-0.3, -0.25) is 14.6 Å². The van der Waals surface area contributed by atoms with Crippen molar-refractivity contribution in [2.45, 2.75) is 24.3 Å². The Bertz CT molecular complexity index is 1110. The lowest BCUT2D eigenvalue weighted by Crippen LogP contribution is -2.40. The molecule has 3 N–H and O–H groups in total. The highest BCUT2D eigenvalue weighted by atomic mass is 16.5. The van der Waals surface area contributed by atoms with Crippen LogP contribution in [0, 0.1) is 0 Å². The first-order valence-electron chi connectivity index (χ1n) is 10.9. The molecule has 170 valence electrons. The number of nitrogens with one attached hydrogen (secondary N) is 1. The Morgan fingerprint density at radius 3 is 2.27 bits per heavy atom. The molecule has 33 heavy (non-hydrogen) atoms. The number of hydrogen-bond acceptors (Lipinski definition) is 5. The maximum absolute atomic E-state index is 13.2. The molecule has 1 heterocycles. The molecule has 1 aliphatic rings. The Morgan fingerprint density at radius 2 is 1.70 bits per heavy atom. The van der Waals surface area contributed by atoms with Crippen LogP contribution in [0.25, 0.3) is 0 Å². The monoisotopic (exact) mass is 444 g/mol. The van der Waals surface area contributed by atoms with Gasteiger partial charge in [-0.1, -0.05) is 24.3 Å². The van der Waals surface area contributed by atoms with E-state index < -0.39 is 5.41 Å². The van der Waals surface area contributed by atoms with E-state index in [0.29, 0.717) is 17.8 Å². The van der Waals surface area contributed by atoms with Crippen LogP contribution in [-0.4, -0.2) is 42.4 Å². The van der Waals surface area contributed by atoms with Crippen LogP contribution in [-0.2, 0) is 10.2 Å². The molecule has 1 atom stereocenters. The van der Waals surface area contributed by atoms with Gasteiger partial charge in [-0.2, -0.15) is 0 Å². The molecule has 4 rings (SSSR count). The number of methoxy groups -OCH3 is 1. The second-order valence-corrected chi connectivity index (χ2v) is 8.41. The zero-order chi connectivity index (χ0) is 23.4. The maximum Gasteiger partial charge on any atom is 0.255 e. The zero-order valence-corrected chi connectivity index (χ0v) is 18.8. The number of amides is 2. The summed E-state index contributed by atoms with van der Waals surface area (Å²) in [5, 5.41) is 2.83. The minimum absolute atomic E-state index is 0.0801. The standard InChI is InChI=1S/C26H28N4O3/c1-30(25(32)26(13-14-26)20-7-9-22(33-2)10-8-20)17-23(27)18-3-5-19(6-4-18)24(31)29-21-11-15-28-16-12-21/h3-12,15-16,23H,13-14,17,27H2,1-2H3,(H,28,29,31). The number of carbonyl (C=O) groups is 2. The minimum atomic E-state index is -0.463. The largest absolute Gasteiger partial charge is 0.497 e. The zero-order valence-electron chi connectivity index (χ0n) is 18.8. The highest BCUT2D eigenvalue weighted by molar-refractivity contribution is 6.04. The number of pyridine rings is 1. The number of nitrogens with two attached hydrogens (primary N) is 1. The molecule has 1 aromatic heterocycles. The van der Waals surface area contributed by atoms with Gasteiger partial charge >= 0.3 is 0 Å². The number of hydrogen-bond donors (Lipinski definition) is 2. The van der Waals surface area contributed by atoms with Gasteiger partial charge in [0, 0.05) is 43.3 Å². The molecular weight excluding hydrogens is 416 g/mol. The molecular formula is C26H28N4O3. The number of aromatic nitrogens is 1. The lowest BCUT2D eigenvalue weighted by Gasteiger charge is -2.27. The van der Waals surface area contributed by atoms with Crippen LogP contribution in [0.4, 0.5) is 5.69 Å². The van der Waals surface area contributed by atoms with Crippen molar-refractivity contribution in [1.82, 2.24) is 9.88 Å². The van der Waals surface area contributed by atoms with Crippen molar-refractivity contribution < 1.29 is 14.3 Å². The first-order valence-corrected chi connectivity index (χ1v) is 10.9. The summed E-state index contributed by atoms with van der Waals surface area (Å²) in [7, 11) is 3.42. The Morgan fingerprint density at radius 1 is 1.06 bits per heavy atom. The first kappa shape index (κ1) is 22.5. The fourth-order valence-electron chi connectivity index (χ4n) is 4.03. The van der Waals surface area contributed by atoms with E-state index in [1.54, 1.807) is 55.7 Å². The number of anilines is 1. The Balaban J connectivity index is 1.37. The second-order valence-electron chi connectivity index (χ2n) is 8.41. The lowest BCUT2D eigenvalue weighted by molar-refractivity contribution is -0.132. The first-order chi connectivity index (χ1) is 15.9. The number of nitrogens with zero attached hydrogens (tertiary/aromatic N) is 2. The fourth-order valence-corrected chi connectivity index (χ4v) is 4.03. The average Bonchev–Trinajstić information content (AvgIpc) is 3.66. The predicted octanol–water partition coefficient (Wildman–Crippen LogP) is 3.53. The molecule has 0 radical (unpaired) electrons. The average molecular weight is 445 g/mol. The van der Waals surface area contributed by atoms with E-state index in [2.05, 4.69) is 10.3 Å². The van der Waals surface area contributed by atoms with E-state index >= 15 is 0 Å². The topological polar surface area (TPSA) is 97.5 Å². The summed E-state index contributed by atoms with van der Waals surface area (Å²) in [4.78, 5) is 31.3. The number of benzene rings is 2. The number of likely N-dealkylation sites (N-methyl/N-ethyl adjacent to an activating group) is 1. The summed E-state index contributed by atoms with van der Waals surface area (Å²) >= 11 is 0. The van der Waals surface area contributed by atoms with Crippen molar-refractivity contribution in [2.24, 2.45) is 5.73 Å². The summed E-state index contributed by atoms with van der Waals surface area (Å²) in [6.45, 7) is 0.388. The fraction of sp³-hybridized carbons (Fsp3) is 0.269. The number of rotatable bonds is 8. The van der Waals surface area contributed by atoms with Crippen LogP contribution in [0.3, 0.4) is 0 Å². The third-order valence-electron chi connectivity index (χ3n) is 6.16. The molecule has 7 nitrogen and oxygen atoms in total. The molecule has 0 aliphatic heterocycles. The van der Waals surface area contributed by atoms with Gasteiger partial charge in [0.2, 0.25) is 5.91 Å². The van der Waals surface area contributed by atoms with Crippen molar-refractivity contribution in [2.75, 3.05) is 26.0 Å². The third kappa shape index (κ3) is 4.88. The lowest BCUT2D eigenvalue weighted by atomic mass is 9.94. The van der Waals surface area contributed by atoms with E-state index in [1.165, 1.54) is 0 Å². The van der Waals surface area contributed by atoms with Crippen LogP contribution in [0.5, 0.6) is 5.75 Å². The van der Waals surface area contributed by atoms with Gasteiger partial charge in [0.15, 0.2) is 0 Å². The summed E-state index contributed by atoms with van der Waals surface area (Å²) < 4.78 is 5.23. The van der Waals surface area contributed by atoms with Crippen molar-refractivity contribution in [3.8, 4) is 5.75 Å². The van der Waals surface area contributed by atoms with Crippen LogP contribution in [0.15, 0.2) is 73.1 Å². The molecule has 1 unspecified atom stereocenters. The molecule has 1 saturated carbocycles. The molecule has 7 heteroatoms. The van der Waals surface area contributed by atoms with Gasteiger partial charge in [-0.15, -0.1) is 0 Å². The Hall–Kier alpha value is -3.71. The molecule has 3 aromatic rings. The highest BCUT2D eigenvalue weighted by Crippen LogP contribution is 2.49. The van der Waals surface area contributed by atoms with Crippen molar-refractivity contribution in [1.29, 1.82) is 0 Å². The van der Waals surface area contributed by atoms with Gasteiger partial charge in [0.1, 0.15) is 5.75 Å². The van der Waals surface area contributed by atoms with Gasteiger partial charge < -0.3 is 20.7 Å². The van der Waals surface area contributed by atoms with Crippen molar-refractivity contribution in [3.63, 3.8) is 0 Å². The van der Waals surface area contributed by atoms with E-state index in [4.69, 9.17) is 10.5 Å². The highest BCUT2D eigenvalue weighted by Gasteiger charge is 2.52. The van der Waals surface area contributed by atoms with E-state index in [1.807, 2.05) is 36.4 Å². The molecule has 2 amide bonds. The minimum Gasteiger partial charge on any atom is -0.497 e. The van der Waals surface area contributed by atoms with Crippen molar-refractivity contribution >= 4 is 17.5 Å². The van der Waals surface area contributed by atoms with Crippen LogP contribution in [0.1, 0.15) is 40.4 Å². The van der Waals surface area contributed by atoms with Gasteiger partial charge in [-0.25, -0.2) is 0 Å². The molecule has 0 bridgehead atoms. The normalized spacial score (nSPS) is 14.8. The molecule has 2 aromatic carbocycles. The van der Waals surface area contributed by atoms with Gasteiger partial charge in [0.05, 0.1) is 12.5 Å².